The van der Waals surface area contributed by atoms with Crippen LogP contribution in [0.5, 0.6) is 0 Å². The van der Waals surface area contributed by atoms with Gasteiger partial charge in [0.05, 0.1) is 17.1 Å². The fourth-order valence-electron chi connectivity index (χ4n) is 2.57. The Balaban J connectivity index is 1.68. The third kappa shape index (κ3) is 3.34. The second-order valence-corrected chi connectivity index (χ2v) is 7.76. The quantitative estimate of drug-likeness (QED) is 0.867. The Hall–Kier alpha value is -2.19. The minimum absolute atomic E-state index is 0.165. The van der Waals surface area contributed by atoms with Gasteiger partial charge in [-0.25, -0.2) is 8.42 Å². The zero-order valence-electron chi connectivity index (χ0n) is 13.4. The monoisotopic (exact) mass is 349 g/mol. The number of rotatable bonds is 4. The number of carbonyl (C=O) groups excluding carboxylic acids is 1. The van der Waals surface area contributed by atoms with Gasteiger partial charge in [-0.3, -0.25) is 4.79 Å². The van der Waals surface area contributed by atoms with Gasteiger partial charge in [0.15, 0.2) is 5.76 Å². The number of nitrogens with one attached hydrogen (secondary N) is 2. The summed E-state index contributed by atoms with van der Waals surface area (Å²) in [5, 5.41) is 6.61. The summed E-state index contributed by atoms with van der Waals surface area (Å²) in [5.41, 5.74) is 1.45. The molecule has 0 spiro atoms. The molecule has 0 fully saturated rings. The molecule has 0 unspecified atom stereocenters. The van der Waals surface area contributed by atoms with E-state index in [0.29, 0.717) is 17.7 Å². The largest absolute Gasteiger partial charge is 0.359 e. The molecule has 0 saturated carbocycles. The van der Waals surface area contributed by atoms with Gasteiger partial charge >= 0.3 is 0 Å². The summed E-state index contributed by atoms with van der Waals surface area (Å²) < 4.78 is 32.0. The van der Waals surface area contributed by atoms with Crippen molar-refractivity contribution in [2.24, 2.45) is 0 Å². The van der Waals surface area contributed by atoms with Gasteiger partial charge in [-0.2, -0.15) is 4.72 Å². The highest BCUT2D eigenvalue weighted by Gasteiger charge is 2.33. The van der Waals surface area contributed by atoms with E-state index >= 15 is 0 Å². The number of fused-ring (bicyclic) bond motifs is 1. The molecule has 1 aromatic heterocycles. The van der Waals surface area contributed by atoms with Crippen molar-refractivity contribution in [3.8, 4) is 0 Å². The van der Waals surface area contributed by atoms with Crippen LogP contribution in [-0.2, 0) is 27.8 Å². The van der Waals surface area contributed by atoms with Crippen LogP contribution in [0.15, 0.2) is 39.8 Å². The average Bonchev–Trinajstić information content (AvgIpc) is 3.01. The van der Waals surface area contributed by atoms with Crippen LogP contribution < -0.4 is 10.0 Å². The van der Waals surface area contributed by atoms with Gasteiger partial charge in [0.2, 0.25) is 15.9 Å². The minimum atomic E-state index is -3.67. The molecule has 2 N–H and O–H groups in total. The molecule has 2 heterocycles. The van der Waals surface area contributed by atoms with Crippen LogP contribution in [0.2, 0.25) is 0 Å². The fraction of sp³-hybridized carbons (Fsp3) is 0.375. The van der Waals surface area contributed by atoms with Gasteiger partial charge in [0.1, 0.15) is 6.04 Å². The molecule has 0 bridgehead atoms. The van der Waals surface area contributed by atoms with E-state index in [-0.39, 0.29) is 17.4 Å². The number of aromatic nitrogens is 1. The average molecular weight is 349 g/mol. The van der Waals surface area contributed by atoms with E-state index in [1.165, 1.54) is 6.07 Å². The van der Waals surface area contributed by atoms with Crippen LogP contribution in [0.25, 0.3) is 0 Å². The van der Waals surface area contributed by atoms with Crippen LogP contribution in [0, 0.1) is 0 Å². The van der Waals surface area contributed by atoms with Crippen LogP contribution in [-0.4, -0.2) is 25.5 Å². The zero-order chi connectivity index (χ0) is 17.3. The Morgan fingerprint density at radius 1 is 1.42 bits per heavy atom. The highest BCUT2D eigenvalue weighted by molar-refractivity contribution is 7.89. The van der Waals surface area contributed by atoms with E-state index in [1.54, 1.807) is 24.3 Å². The molecule has 3 rings (SSSR count). The highest BCUT2D eigenvalue weighted by atomic mass is 32.2. The van der Waals surface area contributed by atoms with Crippen molar-refractivity contribution in [3.63, 3.8) is 0 Å². The van der Waals surface area contributed by atoms with Crippen LogP contribution in [0.4, 0.5) is 0 Å². The number of nitrogens with zero attached hydrogens (tertiary/aromatic N) is 1. The van der Waals surface area contributed by atoms with Gasteiger partial charge in [-0.15, -0.1) is 0 Å². The molecular formula is C16H19N3O4S. The number of hydrogen-bond donors (Lipinski definition) is 2. The van der Waals surface area contributed by atoms with Crippen molar-refractivity contribution in [1.29, 1.82) is 0 Å². The van der Waals surface area contributed by atoms with Gasteiger partial charge in [0, 0.05) is 6.07 Å². The maximum atomic E-state index is 12.3. The molecule has 1 aromatic carbocycles. The Morgan fingerprint density at radius 3 is 2.88 bits per heavy atom. The smallest absolute Gasteiger partial charge is 0.241 e. The molecule has 7 nitrogen and oxygen atoms in total. The summed E-state index contributed by atoms with van der Waals surface area (Å²) in [6, 6.07) is 7.63. The van der Waals surface area contributed by atoms with Crippen LogP contribution in [0.1, 0.15) is 36.8 Å². The molecule has 128 valence electrons. The number of carbonyl (C=O) groups is 1. The lowest BCUT2D eigenvalue weighted by atomic mass is 10.1. The van der Waals surface area contributed by atoms with Crippen molar-refractivity contribution < 1.29 is 17.7 Å². The predicted octanol–water partition coefficient (Wildman–Crippen LogP) is 1.32. The molecule has 1 atom stereocenters. The number of sulfonamides is 1. The lowest BCUT2D eigenvalue weighted by molar-refractivity contribution is -0.123. The normalized spacial score (nSPS) is 19.0. The maximum Gasteiger partial charge on any atom is 0.241 e. The maximum absolute atomic E-state index is 12.3. The molecule has 1 aliphatic heterocycles. The highest BCUT2D eigenvalue weighted by Crippen LogP contribution is 2.22. The summed E-state index contributed by atoms with van der Waals surface area (Å²) in [6.45, 7) is 4.15. The molecule has 24 heavy (non-hydrogen) atoms. The summed E-state index contributed by atoms with van der Waals surface area (Å²) in [5.74, 6) is 0.376. The van der Waals surface area contributed by atoms with E-state index in [2.05, 4.69) is 15.2 Å². The summed E-state index contributed by atoms with van der Waals surface area (Å²) in [7, 11) is -3.67. The summed E-state index contributed by atoms with van der Waals surface area (Å²) in [6.07, 6.45) is 0.314. The zero-order valence-corrected chi connectivity index (χ0v) is 14.3. The van der Waals surface area contributed by atoms with Crippen molar-refractivity contribution in [2.75, 3.05) is 0 Å². The topological polar surface area (TPSA) is 101 Å². The van der Waals surface area contributed by atoms with Gasteiger partial charge in [-0.05, 0) is 24.0 Å². The molecule has 1 amide bonds. The third-order valence-corrected chi connectivity index (χ3v) is 5.48. The molecule has 0 aliphatic carbocycles. The van der Waals surface area contributed by atoms with Gasteiger partial charge in [0.25, 0.3) is 0 Å². The SMILES string of the molecule is CC(C)c1cc(CNC(=O)[C@H]2Cc3ccccc3S(=O)(=O)N2)on1. The van der Waals surface area contributed by atoms with Crippen molar-refractivity contribution in [3.05, 3.63) is 47.3 Å². The molecular weight excluding hydrogens is 330 g/mol. The van der Waals surface area contributed by atoms with E-state index < -0.39 is 22.0 Å². The van der Waals surface area contributed by atoms with E-state index in [1.807, 2.05) is 13.8 Å². The predicted molar refractivity (Wildman–Crippen MR) is 86.7 cm³/mol. The Labute approximate surface area is 140 Å². The molecule has 2 aromatic rings. The van der Waals surface area contributed by atoms with Crippen molar-refractivity contribution >= 4 is 15.9 Å². The van der Waals surface area contributed by atoms with Gasteiger partial charge < -0.3 is 9.84 Å². The molecule has 0 saturated heterocycles. The first-order chi connectivity index (χ1) is 11.4. The molecule has 1 aliphatic rings. The number of amides is 1. The summed E-state index contributed by atoms with van der Waals surface area (Å²) >= 11 is 0. The Kier molecular flexibility index (Phi) is 4.42. The second kappa shape index (κ2) is 6.37. The first-order valence-electron chi connectivity index (χ1n) is 7.70. The Bertz CT molecular complexity index is 858. The first kappa shape index (κ1) is 16.7. The van der Waals surface area contributed by atoms with E-state index in [4.69, 9.17) is 4.52 Å². The molecule has 0 radical (unpaired) electrons. The van der Waals surface area contributed by atoms with Crippen LogP contribution in [0.3, 0.4) is 0 Å². The van der Waals surface area contributed by atoms with E-state index in [9.17, 15) is 13.2 Å². The second-order valence-electron chi connectivity index (χ2n) is 6.08. The standard InChI is InChI=1S/C16H19N3O4S/c1-10(2)13-8-12(23-18-13)9-17-16(20)14-7-11-5-3-4-6-15(11)24(21,22)19-14/h3-6,8,10,14,19H,7,9H2,1-2H3,(H,17,20)/t14-/m1/s1. The summed E-state index contributed by atoms with van der Waals surface area (Å²) in [4.78, 5) is 12.5. The first-order valence-corrected chi connectivity index (χ1v) is 9.18. The van der Waals surface area contributed by atoms with E-state index in [0.717, 1.165) is 5.69 Å². The van der Waals surface area contributed by atoms with Crippen molar-refractivity contribution in [2.45, 2.75) is 43.7 Å². The lowest BCUT2D eigenvalue weighted by Gasteiger charge is -2.24. The van der Waals surface area contributed by atoms with Crippen molar-refractivity contribution in [1.82, 2.24) is 15.2 Å². The van der Waals surface area contributed by atoms with Crippen LogP contribution >= 0.6 is 0 Å². The molecule has 8 heteroatoms. The van der Waals surface area contributed by atoms with Gasteiger partial charge in [-0.1, -0.05) is 37.2 Å². The number of hydrogen-bond acceptors (Lipinski definition) is 5. The lowest BCUT2D eigenvalue weighted by Crippen LogP contribution is -2.50. The fourth-order valence-corrected chi connectivity index (χ4v) is 4.02. The third-order valence-electron chi connectivity index (χ3n) is 3.91. The minimum Gasteiger partial charge on any atom is -0.359 e. The number of benzene rings is 1. The Morgan fingerprint density at radius 2 is 2.17 bits per heavy atom.